The second kappa shape index (κ2) is 8.96. The average molecular weight is 483 g/mol. The highest BCUT2D eigenvalue weighted by atomic mass is 19.4. The molecule has 35 heavy (non-hydrogen) atoms. The molecule has 5 aromatic rings. The molecule has 0 saturated carbocycles. The summed E-state index contributed by atoms with van der Waals surface area (Å²) in [6.45, 7) is 0.403. The quantitative estimate of drug-likeness (QED) is 0.343. The van der Waals surface area contributed by atoms with Crippen LogP contribution in [-0.2, 0) is 26.4 Å². The highest BCUT2D eigenvalue weighted by Gasteiger charge is 2.30. The Morgan fingerprint density at radius 3 is 2.69 bits per heavy atom. The highest BCUT2D eigenvalue weighted by molar-refractivity contribution is 5.61. The van der Waals surface area contributed by atoms with Crippen LogP contribution in [0.15, 0.2) is 59.6 Å². The molecule has 0 aliphatic rings. The van der Waals surface area contributed by atoms with Crippen molar-refractivity contribution in [1.82, 2.24) is 45.1 Å². The first-order valence-electron chi connectivity index (χ1n) is 10.2. The molecule has 4 aromatic heterocycles. The zero-order valence-electron chi connectivity index (χ0n) is 18.1. The van der Waals surface area contributed by atoms with E-state index in [9.17, 15) is 13.2 Å². The van der Waals surface area contributed by atoms with E-state index in [2.05, 4.69) is 35.7 Å². The van der Waals surface area contributed by atoms with E-state index in [1.165, 1.54) is 23.1 Å². The molecular weight excluding hydrogens is 467 g/mol. The van der Waals surface area contributed by atoms with Crippen molar-refractivity contribution in [2.75, 3.05) is 0 Å². The molecule has 0 unspecified atom stereocenters. The van der Waals surface area contributed by atoms with Crippen molar-refractivity contribution in [2.24, 2.45) is 7.05 Å². The summed E-state index contributed by atoms with van der Waals surface area (Å²) in [6.07, 6.45) is 0.251. The number of rotatable bonds is 7. The predicted molar refractivity (Wildman–Crippen MR) is 112 cm³/mol. The van der Waals surface area contributed by atoms with Crippen LogP contribution in [0.3, 0.4) is 0 Å². The molecule has 5 rings (SSSR count). The number of aryl methyl sites for hydroxylation is 1. The summed E-state index contributed by atoms with van der Waals surface area (Å²) < 4.78 is 52.5. The molecular formula is C21H16F3N9O2. The number of hydrogen-bond donors (Lipinski definition) is 0. The number of aromatic nitrogens is 9. The molecule has 0 radical (unpaired) electrons. The van der Waals surface area contributed by atoms with Crippen LogP contribution < -0.4 is 4.74 Å². The number of halogens is 3. The molecule has 0 N–H and O–H groups in total. The minimum atomic E-state index is -4.41. The van der Waals surface area contributed by atoms with Crippen LogP contribution >= 0.6 is 0 Å². The van der Waals surface area contributed by atoms with Gasteiger partial charge in [-0.15, -0.1) is 5.10 Å². The van der Waals surface area contributed by atoms with Crippen molar-refractivity contribution in [3.8, 4) is 28.6 Å². The molecule has 4 heterocycles. The molecule has 14 heteroatoms. The van der Waals surface area contributed by atoms with E-state index in [-0.39, 0.29) is 18.2 Å². The monoisotopic (exact) mass is 483 g/mol. The number of hydrogen-bond acceptors (Lipinski definition) is 9. The van der Waals surface area contributed by atoms with E-state index < -0.39 is 11.7 Å². The lowest BCUT2D eigenvalue weighted by Gasteiger charge is -2.10. The third kappa shape index (κ3) is 4.85. The summed E-state index contributed by atoms with van der Waals surface area (Å²) >= 11 is 0. The SMILES string of the molecule is Cn1ncc(-c2nc(-c3ccnc(Cn4cnnn4)c3)no2)c1COc1ccc(C(F)(F)F)cc1. The van der Waals surface area contributed by atoms with Gasteiger partial charge in [0.05, 0.1) is 35.3 Å². The Morgan fingerprint density at radius 1 is 1.11 bits per heavy atom. The lowest BCUT2D eigenvalue weighted by Crippen LogP contribution is -2.06. The van der Waals surface area contributed by atoms with Gasteiger partial charge in [0.15, 0.2) is 0 Å². The summed E-state index contributed by atoms with van der Waals surface area (Å²) in [5.41, 5.74) is 1.79. The maximum absolute atomic E-state index is 12.8. The van der Waals surface area contributed by atoms with Crippen LogP contribution in [0.25, 0.3) is 22.8 Å². The largest absolute Gasteiger partial charge is 0.487 e. The molecule has 0 fully saturated rings. The van der Waals surface area contributed by atoms with Crippen LogP contribution in [0.2, 0.25) is 0 Å². The molecule has 0 aliphatic heterocycles. The lowest BCUT2D eigenvalue weighted by molar-refractivity contribution is -0.137. The first-order chi connectivity index (χ1) is 16.9. The minimum absolute atomic E-state index is 0.0280. The maximum Gasteiger partial charge on any atom is 0.416 e. The molecule has 0 amide bonds. The molecule has 1 aromatic carbocycles. The number of pyridine rings is 1. The van der Waals surface area contributed by atoms with Crippen molar-refractivity contribution < 1.29 is 22.4 Å². The van der Waals surface area contributed by atoms with Gasteiger partial charge in [-0.05, 0) is 46.8 Å². The standard InChI is InChI=1S/C21H16F3N9O2/c1-32-18(11-34-16-4-2-14(3-5-16)21(22,23)24)17(9-27-32)20-28-19(29-35-20)13-6-7-25-15(8-13)10-33-12-26-30-31-33/h2-9,12H,10-11H2,1H3. The van der Waals surface area contributed by atoms with Crippen LogP contribution in [-0.4, -0.2) is 45.1 Å². The Balaban J connectivity index is 1.33. The van der Waals surface area contributed by atoms with Crippen molar-refractivity contribution in [3.05, 3.63) is 72.1 Å². The zero-order valence-corrected chi connectivity index (χ0v) is 18.1. The van der Waals surface area contributed by atoms with Crippen LogP contribution in [0.1, 0.15) is 17.0 Å². The second-order valence-electron chi connectivity index (χ2n) is 7.41. The van der Waals surface area contributed by atoms with Crippen molar-refractivity contribution in [3.63, 3.8) is 0 Å². The van der Waals surface area contributed by atoms with Crippen molar-refractivity contribution in [2.45, 2.75) is 19.3 Å². The first-order valence-corrected chi connectivity index (χ1v) is 10.2. The van der Waals surface area contributed by atoms with Crippen LogP contribution in [0, 0.1) is 0 Å². The Labute approximate surface area is 195 Å². The van der Waals surface area contributed by atoms with Gasteiger partial charge in [0.1, 0.15) is 18.7 Å². The van der Waals surface area contributed by atoms with E-state index in [1.54, 1.807) is 36.3 Å². The number of alkyl halides is 3. The predicted octanol–water partition coefficient (Wildman–Crippen LogP) is 3.16. The summed E-state index contributed by atoms with van der Waals surface area (Å²) in [4.78, 5) is 8.77. The third-order valence-electron chi connectivity index (χ3n) is 5.07. The van der Waals surface area contributed by atoms with Gasteiger partial charge in [0, 0.05) is 18.8 Å². The molecule has 0 saturated heterocycles. The Morgan fingerprint density at radius 2 is 1.94 bits per heavy atom. The minimum Gasteiger partial charge on any atom is -0.487 e. The van der Waals surface area contributed by atoms with Gasteiger partial charge >= 0.3 is 6.18 Å². The molecule has 178 valence electrons. The average Bonchev–Trinajstić information content (AvgIpc) is 3.59. The fraction of sp³-hybridized carbons (Fsp3) is 0.190. The smallest absolute Gasteiger partial charge is 0.416 e. The van der Waals surface area contributed by atoms with E-state index in [4.69, 9.17) is 9.26 Å². The third-order valence-corrected chi connectivity index (χ3v) is 5.07. The summed E-state index contributed by atoms with van der Waals surface area (Å²) in [6, 6.07) is 8.00. The summed E-state index contributed by atoms with van der Waals surface area (Å²) in [5.74, 6) is 0.847. The van der Waals surface area contributed by atoms with Gasteiger partial charge in [-0.3, -0.25) is 9.67 Å². The summed E-state index contributed by atoms with van der Waals surface area (Å²) in [5, 5.41) is 19.3. The van der Waals surface area contributed by atoms with E-state index in [1.807, 2.05) is 0 Å². The Kier molecular flexibility index (Phi) is 5.68. The number of benzene rings is 1. The zero-order chi connectivity index (χ0) is 24.4. The van der Waals surface area contributed by atoms with Gasteiger partial charge in [-0.1, -0.05) is 5.16 Å². The van der Waals surface area contributed by atoms with Crippen LogP contribution in [0.5, 0.6) is 5.75 Å². The fourth-order valence-electron chi connectivity index (χ4n) is 3.28. The molecule has 0 atom stereocenters. The Hall–Kier alpha value is -4.62. The second-order valence-corrected chi connectivity index (χ2v) is 7.41. The van der Waals surface area contributed by atoms with Gasteiger partial charge in [-0.2, -0.15) is 23.3 Å². The highest BCUT2D eigenvalue weighted by Crippen LogP contribution is 2.31. The van der Waals surface area contributed by atoms with Crippen molar-refractivity contribution in [1.29, 1.82) is 0 Å². The number of tetrazole rings is 1. The van der Waals surface area contributed by atoms with E-state index in [0.717, 1.165) is 12.1 Å². The Bertz CT molecular complexity index is 1430. The molecule has 0 bridgehead atoms. The van der Waals surface area contributed by atoms with Gasteiger partial charge in [0.2, 0.25) is 5.82 Å². The van der Waals surface area contributed by atoms with Crippen molar-refractivity contribution >= 4 is 0 Å². The maximum atomic E-state index is 12.8. The fourth-order valence-corrected chi connectivity index (χ4v) is 3.28. The number of nitrogens with zero attached hydrogens (tertiary/aromatic N) is 9. The summed E-state index contributed by atoms with van der Waals surface area (Å²) in [7, 11) is 1.71. The molecule has 0 aliphatic carbocycles. The lowest BCUT2D eigenvalue weighted by atomic mass is 10.2. The topological polar surface area (TPSA) is 122 Å². The molecule has 11 nitrogen and oxygen atoms in total. The normalized spacial score (nSPS) is 11.7. The van der Waals surface area contributed by atoms with Gasteiger partial charge in [-0.25, -0.2) is 4.68 Å². The van der Waals surface area contributed by atoms with Crippen LogP contribution in [0.4, 0.5) is 13.2 Å². The van der Waals surface area contributed by atoms with E-state index >= 15 is 0 Å². The van der Waals surface area contributed by atoms with E-state index in [0.29, 0.717) is 34.9 Å². The number of ether oxygens (including phenoxy) is 1. The van der Waals surface area contributed by atoms with Gasteiger partial charge in [0.25, 0.3) is 5.89 Å². The first kappa shape index (κ1) is 22.2. The molecule has 0 spiro atoms. The van der Waals surface area contributed by atoms with Gasteiger partial charge < -0.3 is 9.26 Å².